The molecule has 0 amide bonds. The Morgan fingerprint density at radius 3 is 2.08 bits per heavy atom. The fraction of sp³-hybridized carbons (Fsp3) is 1.00. The van der Waals surface area contributed by atoms with Crippen LogP contribution in [0.4, 0.5) is 0 Å². The standard InChI is InChI=1S/C12H23NO11/c13-21-2-5-6(16)8(18)9(19)11(22-5)24-12(3-15)10(20)7(17)4(1-14)23-12/h4-11,14-20H,1-3,13H2/t4-,5-,6-,7-,8+,9-,10+,11-,12+/m1/s1. The molecule has 0 aromatic heterocycles. The van der Waals surface area contributed by atoms with Crippen LogP contribution < -0.4 is 5.90 Å². The van der Waals surface area contributed by atoms with Crippen molar-refractivity contribution in [1.29, 1.82) is 0 Å². The Labute approximate surface area is 136 Å². The van der Waals surface area contributed by atoms with Crippen molar-refractivity contribution in [2.45, 2.75) is 54.8 Å². The van der Waals surface area contributed by atoms with E-state index in [2.05, 4.69) is 4.84 Å². The molecule has 2 saturated heterocycles. The number of ether oxygens (including phenoxy) is 3. The molecule has 12 nitrogen and oxygen atoms in total. The highest BCUT2D eigenvalue weighted by Crippen LogP contribution is 2.35. The Kier molecular flexibility index (Phi) is 6.46. The summed E-state index contributed by atoms with van der Waals surface area (Å²) in [4.78, 5) is 4.34. The molecule has 2 heterocycles. The lowest BCUT2D eigenvalue weighted by Gasteiger charge is -2.43. The third-order valence-corrected chi connectivity index (χ3v) is 4.15. The lowest BCUT2D eigenvalue weighted by Crippen LogP contribution is -2.62. The van der Waals surface area contributed by atoms with Gasteiger partial charge in [-0.3, -0.25) is 0 Å². The van der Waals surface area contributed by atoms with Gasteiger partial charge in [0.2, 0.25) is 5.79 Å². The van der Waals surface area contributed by atoms with Crippen LogP contribution in [0.5, 0.6) is 0 Å². The van der Waals surface area contributed by atoms with Gasteiger partial charge in [0.25, 0.3) is 0 Å². The minimum Gasteiger partial charge on any atom is -0.394 e. The molecular formula is C12H23NO11. The van der Waals surface area contributed by atoms with Gasteiger partial charge in [-0.05, 0) is 0 Å². The van der Waals surface area contributed by atoms with Crippen LogP contribution in [0.15, 0.2) is 0 Å². The van der Waals surface area contributed by atoms with Crippen molar-refractivity contribution < 1.29 is 54.8 Å². The summed E-state index contributed by atoms with van der Waals surface area (Å²) in [5.41, 5.74) is 0. The molecule has 0 aliphatic carbocycles. The summed E-state index contributed by atoms with van der Waals surface area (Å²) < 4.78 is 15.7. The van der Waals surface area contributed by atoms with E-state index in [1.54, 1.807) is 0 Å². The van der Waals surface area contributed by atoms with Crippen molar-refractivity contribution in [3.8, 4) is 0 Å². The van der Waals surface area contributed by atoms with Crippen LogP contribution >= 0.6 is 0 Å². The molecule has 9 atom stereocenters. The Bertz CT molecular complexity index is 414. The first-order chi connectivity index (χ1) is 11.3. The monoisotopic (exact) mass is 357 g/mol. The summed E-state index contributed by atoms with van der Waals surface area (Å²) in [5, 5.41) is 68.1. The molecule has 0 aromatic carbocycles. The fourth-order valence-electron chi connectivity index (χ4n) is 2.71. The van der Waals surface area contributed by atoms with E-state index in [0.717, 1.165) is 0 Å². The second kappa shape index (κ2) is 7.82. The average Bonchev–Trinajstić information content (AvgIpc) is 2.82. The first-order valence-corrected chi connectivity index (χ1v) is 7.26. The van der Waals surface area contributed by atoms with Crippen LogP contribution in [0.3, 0.4) is 0 Å². The molecule has 0 saturated carbocycles. The quantitative estimate of drug-likeness (QED) is 0.210. The molecule has 9 N–H and O–H groups in total. The normalized spacial score (nSPS) is 49.5. The van der Waals surface area contributed by atoms with Crippen molar-refractivity contribution in [3.63, 3.8) is 0 Å². The van der Waals surface area contributed by atoms with Crippen LogP contribution in [0.2, 0.25) is 0 Å². The van der Waals surface area contributed by atoms with Gasteiger partial charge >= 0.3 is 0 Å². The molecule has 0 radical (unpaired) electrons. The average molecular weight is 357 g/mol. The maximum Gasteiger partial charge on any atom is 0.224 e. The Hall–Kier alpha value is -0.480. The number of aliphatic hydroxyl groups is 7. The van der Waals surface area contributed by atoms with Gasteiger partial charge in [0, 0.05) is 0 Å². The van der Waals surface area contributed by atoms with Crippen molar-refractivity contribution >= 4 is 0 Å². The molecular weight excluding hydrogens is 334 g/mol. The van der Waals surface area contributed by atoms with Gasteiger partial charge in [0.05, 0.1) is 13.2 Å². The summed E-state index contributed by atoms with van der Waals surface area (Å²) in [6.07, 6.45) is -12.4. The highest BCUT2D eigenvalue weighted by molar-refractivity contribution is 4.98. The van der Waals surface area contributed by atoms with Gasteiger partial charge < -0.3 is 54.8 Å². The zero-order valence-corrected chi connectivity index (χ0v) is 12.6. The van der Waals surface area contributed by atoms with E-state index in [1.165, 1.54) is 0 Å². The van der Waals surface area contributed by atoms with Crippen LogP contribution in [0.1, 0.15) is 0 Å². The molecule has 0 spiro atoms. The van der Waals surface area contributed by atoms with Gasteiger partial charge in [0.1, 0.15) is 49.3 Å². The largest absolute Gasteiger partial charge is 0.394 e. The fourth-order valence-corrected chi connectivity index (χ4v) is 2.71. The van der Waals surface area contributed by atoms with Crippen molar-refractivity contribution in [1.82, 2.24) is 0 Å². The molecule has 2 aliphatic rings. The molecule has 24 heavy (non-hydrogen) atoms. The summed E-state index contributed by atoms with van der Waals surface area (Å²) in [6.45, 7) is -1.96. The first kappa shape index (κ1) is 19.8. The second-order valence-electron chi connectivity index (χ2n) is 5.71. The van der Waals surface area contributed by atoms with E-state index in [-0.39, 0.29) is 6.61 Å². The minimum absolute atomic E-state index is 0.345. The number of hydrogen-bond acceptors (Lipinski definition) is 12. The predicted octanol–water partition coefficient (Wildman–Crippen LogP) is -5.50. The lowest BCUT2D eigenvalue weighted by molar-refractivity contribution is -0.384. The first-order valence-electron chi connectivity index (χ1n) is 7.26. The van der Waals surface area contributed by atoms with E-state index in [4.69, 9.17) is 25.2 Å². The van der Waals surface area contributed by atoms with Crippen molar-refractivity contribution in [2.75, 3.05) is 19.8 Å². The predicted molar refractivity (Wildman–Crippen MR) is 71.7 cm³/mol. The molecule has 2 aliphatic heterocycles. The van der Waals surface area contributed by atoms with Crippen LogP contribution in [0, 0.1) is 0 Å². The Morgan fingerprint density at radius 2 is 1.58 bits per heavy atom. The zero-order valence-electron chi connectivity index (χ0n) is 12.6. The number of aliphatic hydroxyl groups excluding tert-OH is 7. The lowest BCUT2D eigenvalue weighted by atomic mass is 9.99. The highest BCUT2D eigenvalue weighted by Gasteiger charge is 2.58. The van der Waals surface area contributed by atoms with Gasteiger partial charge in [-0.1, -0.05) is 0 Å². The van der Waals surface area contributed by atoms with Gasteiger partial charge in [-0.15, -0.1) is 0 Å². The number of hydrogen-bond donors (Lipinski definition) is 8. The SMILES string of the molecule is NOC[C@H]1O[C@H](O[C@]2(CO)O[C@H](CO)[C@@H](O)[C@@H]2O)[C@H](O)[C@@H](O)[C@@H]1O. The molecule has 12 heteroatoms. The van der Waals surface area contributed by atoms with Crippen LogP contribution in [-0.4, -0.2) is 110 Å². The Morgan fingerprint density at radius 1 is 0.917 bits per heavy atom. The van der Waals surface area contributed by atoms with E-state index in [1.807, 2.05) is 0 Å². The topological polar surface area (TPSA) is 205 Å². The van der Waals surface area contributed by atoms with Crippen molar-refractivity contribution in [2.24, 2.45) is 5.90 Å². The molecule has 2 rings (SSSR count). The number of nitrogens with two attached hydrogens (primary N) is 1. The molecule has 0 aromatic rings. The van der Waals surface area contributed by atoms with E-state index < -0.39 is 68.0 Å². The summed E-state index contributed by atoms with van der Waals surface area (Å²) in [5.74, 6) is 2.68. The third kappa shape index (κ3) is 3.41. The molecule has 142 valence electrons. The molecule has 0 unspecified atom stereocenters. The van der Waals surface area contributed by atoms with Gasteiger partial charge in [-0.2, -0.15) is 0 Å². The summed E-state index contributed by atoms with van der Waals surface area (Å²) in [6, 6.07) is 0. The van der Waals surface area contributed by atoms with E-state index in [0.29, 0.717) is 0 Å². The maximum absolute atomic E-state index is 10.0. The summed E-state index contributed by atoms with van der Waals surface area (Å²) >= 11 is 0. The zero-order chi connectivity index (χ0) is 18.1. The van der Waals surface area contributed by atoms with Crippen LogP contribution in [-0.2, 0) is 19.0 Å². The van der Waals surface area contributed by atoms with Gasteiger partial charge in [-0.25, -0.2) is 5.90 Å². The smallest absolute Gasteiger partial charge is 0.224 e. The second-order valence-corrected chi connectivity index (χ2v) is 5.71. The third-order valence-electron chi connectivity index (χ3n) is 4.15. The maximum atomic E-state index is 10.0. The molecule has 0 bridgehead atoms. The summed E-state index contributed by atoms with van der Waals surface area (Å²) in [7, 11) is 0. The Balaban J connectivity index is 2.17. The number of rotatable bonds is 6. The van der Waals surface area contributed by atoms with Crippen molar-refractivity contribution in [3.05, 3.63) is 0 Å². The minimum atomic E-state index is -2.21. The highest BCUT2D eigenvalue weighted by atomic mass is 16.8. The molecule has 2 fully saturated rings. The van der Waals surface area contributed by atoms with E-state index >= 15 is 0 Å². The van der Waals surface area contributed by atoms with E-state index in [9.17, 15) is 30.6 Å². The van der Waals surface area contributed by atoms with Crippen LogP contribution in [0.25, 0.3) is 0 Å². The van der Waals surface area contributed by atoms with Gasteiger partial charge in [0.15, 0.2) is 6.29 Å².